The van der Waals surface area contributed by atoms with Gasteiger partial charge in [0.1, 0.15) is 12.2 Å². The molecule has 4 unspecified atom stereocenters. The lowest BCUT2D eigenvalue weighted by molar-refractivity contribution is -0.159. The average molecular weight is 263 g/mol. The van der Waals surface area contributed by atoms with Crippen LogP contribution >= 0.6 is 0 Å². The Morgan fingerprint density at radius 2 is 2.37 bits per heavy atom. The fourth-order valence-electron chi connectivity index (χ4n) is 2.99. The molecule has 1 saturated carbocycles. The van der Waals surface area contributed by atoms with Crippen molar-refractivity contribution in [2.75, 3.05) is 0 Å². The van der Waals surface area contributed by atoms with Crippen molar-refractivity contribution in [1.82, 2.24) is 0 Å². The van der Waals surface area contributed by atoms with Crippen molar-refractivity contribution in [2.24, 2.45) is 11.3 Å². The Morgan fingerprint density at radius 1 is 1.68 bits per heavy atom. The second-order valence-electron chi connectivity index (χ2n) is 5.34. The van der Waals surface area contributed by atoms with E-state index >= 15 is 0 Å². The highest BCUT2D eigenvalue weighted by Gasteiger charge is 2.62. The number of esters is 2. The van der Waals surface area contributed by atoms with Crippen molar-refractivity contribution in [2.45, 2.75) is 45.3 Å². The summed E-state index contributed by atoms with van der Waals surface area (Å²) in [7, 11) is 0. The van der Waals surface area contributed by atoms with Gasteiger partial charge in [-0.1, -0.05) is 13.0 Å². The number of cyclic esters (lactones) is 1. The summed E-state index contributed by atoms with van der Waals surface area (Å²) < 4.78 is 10.5. The minimum absolute atomic E-state index is 0.182. The lowest BCUT2D eigenvalue weighted by Gasteiger charge is -2.24. The Hall–Kier alpha value is -1.83. The van der Waals surface area contributed by atoms with E-state index in [1.165, 1.54) is 0 Å². The van der Waals surface area contributed by atoms with Crippen molar-refractivity contribution in [1.29, 1.82) is 5.26 Å². The summed E-state index contributed by atoms with van der Waals surface area (Å²) in [6.45, 7) is 6.76. The molecular formula is C14H17NO4. The topological polar surface area (TPSA) is 76.4 Å². The standard InChI is InChI=1S/C14H17NO4/c1-8(2)12(16)18-9(3)11-10-5-4-6-14(10,7-15)13(17)19-11/h9-11H,1,4-6H2,2-3H3. The normalized spacial score (nSPS) is 34.1. The van der Waals surface area contributed by atoms with Gasteiger partial charge in [0.05, 0.1) is 6.07 Å². The predicted molar refractivity (Wildman–Crippen MR) is 65.6 cm³/mol. The van der Waals surface area contributed by atoms with Gasteiger partial charge >= 0.3 is 11.9 Å². The number of hydrogen-bond acceptors (Lipinski definition) is 5. The number of rotatable bonds is 3. The van der Waals surface area contributed by atoms with Crippen LogP contribution in [-0.4, -0.2) is 24.1 Å². The van der Waals surface area contributed by atoms with Crippen LogP contribution in [0.2, 0.25) is 0 Å². The average Bonchev–Trinajstić information content (AvgIpc) is 2.89. The van der Waals surface area contributed by atoms with Crippen molar-refractivity contribution in [3.8, 4) is 6.07 Å². The van der Waals surface area contributed by atoms with Crippen LogP contribution in [0.3, 0.4) is 0 Å². The molecule has 1 saturated heterocycles. The molecule has 1 aliphatic carbocycles. The maximum Gasteiger partial charge on any atom is 0.333 e. The molecule has 0 amide bonds. The smallest absolute Gasteiger partial charge is 0.333 e. The first-order chi connectivity index (χ1) is 8.92. The summed E-state index contributed by atoms with van der Waals surface area (Å²) in [6.07, 6.45) is 1.01. The number of hydrogen-bond donors (Lipinski definition) is 0. The zero-order valence-corrected chi connectivity index (χ0v) is 11.1. The second kappa shape index (κ2) is 4.69. The van der Waals surface area contributed by atoms with E-state index in [9.17, 15) is 14.9 Å². The molecule has 4 atom stereocenters. The molecule has 1 heterocycles. The lowest BCUT2D eigenvalue weighted by atomic mass is 9.78. The van der Waals surface area contributed by atoms with Crippen molar-refractivity contribution in [3.05, 3.63) is 12.2 Å². The maximum atomic E-state index is 11.9. The van der Waals surface area contributed by atoms with Crippen molar-refractivity contribution >= 4 is 11.9 Å². The first-order valence-electron chi connectivity index (χ1n) is 6.41. The molecule has 2 aliphatic rings. The highest BCUT2D eigenvalue weighted by Crippen LogP contribution is 2.52. The zero-order valence-electron chi connectivity index (χ0n) is 11.1. The fraction of sp³-hybridized carbons (Fsp3) is 0.643. The molecule has 0 radical (unpaired) electrons. The molecule has 0 bridgehead atoms. The van der Waals surface area contributed by atoms with E-state index < -0.39 is 29.6 Å². The molecule has 0 aromatic rings. The Kier molecular flexibility index (Phi) is 3.36. The number of nitrogens with zero attached hydrogens (tertiary/aromatic N) is 1. The van der Waals surface area contributed by atoms with Gasteiger partial charge in [0, 0.05) is 11.5 Å². The second-order valence-corrected chi connectivity index (χ2v) is 5.34. The van der Waals surface area contributed by atoms with Gasteiger partial charge < -0.3 is 9.47 Å². The molecule has 2 fully saturated rings. The summed E-state index contributed by atoms with van der Waals surface area (Å²) in [6, 6.07) is 2.12. The molecule has 0 spiro atoms. The van der Waals surface area contributed by atoms with Gasteiger partial charge in [0.2, 0.25) is 0 Å². The fourth-order valence-corrected chi connectivity index (χ4v) is 2.99. The van der Waals surface area contributed by atoms with E-state index in [-0.39, 0.29) is 5.92 Å². The molecule has 0 N–H and O–H groups in total. The van der Waals surface area contributed by atoms with E-state index in [0.717, 1.165) is 12.8 Å². The Balaban J connectivity index is 2.15. The molecule has 19 heavy (non-hydrogen) atoms. The summed E-state index contributed by atoms with van der Waals surface area (Å²) in [5, 5.41) is 9.29. The third-order valence-electron chi connectivity index (χ3n) is 4.03. The summed E-state index contributed by atoms with van der Waals surface area (Å²) in [5.41, 5.74) is -0.733. The highest BCUT2D eigenvalue weighted by atomic mass is 16.6. The zero-order chi connectivity index (χ0) is 14.2. The van der Waals surface area contributed by atoms with E-state index in [2.05, 4.69) is 12.6 Å². The largest absolute Gasteiger partial charge is 0.457 e. The van der Waals surface area contributed by atoms with Crippen LogP contribution in [-0.2, 0) is 19.1 Å². The minimum Gasteiger partial charge on any atom is -0.457 e. The number of carbonyl (C=O) groups is 2. The van der Waals surface area contributed by atoms with E-state index in [0.29, 0.717) is 12.0 Å². The van der Waals surface area contributed by atoms with Gasteiger partial charge in [-0.2, -0.15) is 5.26 Å². The SMILES string of the molecule is C=C(C)C(=O)OC(C)C1OC(=O)C2(C#N)CCCC12. The molecule has 0 aromatic heterocycles. The third-order valence-corrected chi connectivity index (χ3v) is 4.03. The van der Waals surface area contributed by atoms with Gasteiger partial charge in [-0.05, 0) is 26.7 Å². The molecule has 2 rings (SSSR count). The Morgan fingerprint density at radius 3 is 2.95 bits per heavy atom. The van der Waals surface area contributed by atoms with Crippen LogP contribution in [0.5, 0.6) is 0 Å². The maximum absolute atomic E-state index is 11.9. The number of fused-ring (bicyclic) bond motifs is 1. The summed E-state index contributed by atoms with van der Waals surface area (Å²) >= 11 is 0. The van der Waals surface area contributed by atoms with Crippen molar-refractivity contribution in [3.63, 3.8) is 0 Å². The van der Waals surface area contributed by atoms with Crippen LogP contribution in [0.15, 0.2) is 12.2 Å². The quantitative estimate of drug-likeness (QED) is 0.572. The minimum atomic E-state index is -1.03. The highest BCUT2D eigenvalue weighted by molar-refractivity contribution is 5.87. The van der Waals surface area contributed by atoms with Crippen LogP contribution in [0.25, 0.3) is 0 Å². The molecule has 0 aromatic carbocycles. The molecule has 5 heteroatoms. The Labute approximate surface area is 112 Å². The molecule has 102 valence electrons. The third kappa shape index (κ3) is 2.01. The van der Waals surface area contributed by atoms with E-state index in [4.69, 9.17) is 9.47 Å². The molecule has 1 aliphatic heterocycles. The first kappa shape index (κ1) is 13.6. The number of ether oxygens (including phenoxy) is 2. The van der Waals surface area contributed by atoms with E-state index in [1.807, 2.05) is 0 Å². The lowest BCUT2D eigenvalue weighted by Crippen LogP contribution is -2.35. The summed E-state index contributed by atoms with van der Waals surface area (Å²) in [5.74, 6) is -1.16. The van der Waals surface area contributed by atoms with Crippen LogP contribution in [0.4, 0.5) is 0 Å². The van der Waals surface area contributed by atoms with E-state index in [1.54, 1.807) is 13.8 Å². The van der Waals surface area contributed by atoms with Gasteiger partial charge in [0.15, 0.2) is 5.41 Å². The van der Waals surface area contributed by atoms with Gasteiger partial charge in [-0.3, -0.25) is 4.79 Å². The van der Waals surface area contributed by atoms with Crippen molar-refractivity contribution < 1.29 is 19.1 Å². The van der Waals surface area contributed by atoms with Gasteiger partial charge in [-0.15, -0.1) is 0 Å². The monoisotopic (exact) mass is 263 g/mol. The molecular weight excluding hydrogens is 246 g/mol. The van der Waals surface area contributed by atoms with Crippen LogP contribution in [0.1, 0.15) is 33.1 Å². The molecule has 5 nitrogen and oxygen atoms in total. The Bertz CT molecular complexity index is 478. The summed E-state index contributed by atoms with van der Waals surface area (Å²) in [4.78, 5) is 23.4. The van der Waals surface area contributed by atoms with Gasteiger partial charge in [-0.25, -0.2) is 4.79 Å². The van der Waals surface area contributed by atoms with Crippen LogP contribution < -0.4 is 0 Å². The number of nitriles is 1. The van der Waals surface area contributed by atoms with Crippen LogP contribution in [0, 0.1) is 22.7 Å². The predicted octanol–water partition coefficient (Wildman–Crippen LogP) is 1.73. The first-order valence-corrected chi connectivity index (χ1v) is 6.41. The number of carbonyl (C=O) groups excluding carboxylic acids is 2. The van der Waals surface area contributed by atoms with Gasteiger partial charge in [0.25, 0.3) is 0 Å².